The zero-order valence-electron chi connectivity index (χ0n) is 17.5. The van der Waals surface area contributed by atoms with Crippen molar-refractivity contribution >= 4 is 9.84 Å². The molecule has 5 atom stereocenters. The van der Waals surface area contributed by atoms with Crippen LogP contribution in [0.2, 0.25) is 0 Å². The van der Waals surface area contributed by atoms with Gasteiger partial charge in [-0.15, -0.1) is 0 Å². The number of benzene rings is 3. The van der Waals surface area contributed by atoms with Gasteiger partial charge in [-0.3, -0.25) is 0 Å². The van der Waals surface area contributed by atoms with Crippen LogP contribution in [-0.2, 0) is 21.7 Å². The Morgan fingerprint density at radius 2 is 1.39 bits per heavy atom. The average Bonchev–Trinajstić information content (AvgIpc) is 3.05. The van der Waals surface area contributed by atoms with Crippen molar-refractivity contribution in [3.8, 4) is 0 Å². The summed E-state index contributed by atoms with van der Waals surface area (Å²) in [6, 6.07) is 29.2. The van der Waals surface area contributed by atoms with E-state index in [0.717, 1.165) is 18.4 Å². The number of rotatable bonds is 5. The minimum Gasteiger partial charge on any atom is -0.392 e. The monoisotopic (exact) mass is 432 g/mol. The largest absolute Gasteiger partial charge is 0.392 e. The van der Waals surface area contributed by atoms with Gasteiger partial charge in [-0.1, -0.05) is 78.9 Å². The van der Waals surface area contributed by atoms with Crippen molar-refractivity contribution in [2.75, 3.05) is 0 Å². The summed E-state index contributed by atoms with van der Waals surface area (Å²) in [5.74, 6) is 0.0959. The number of fused-ring (bicyclic) bond motifs is 2. The van der Waals surface area contributed by atoms with E-state index >= 15 is 0 Å². The van der Waals surface area contributed by atoms with Gasteiger partial charge in [0.15, 0.2) is 9.84 Å². The smallest absolute Gasteiger partial charge is 0.181 e. The van der Waals surface area contributed by atoms with Crippen LogP contribution in [0.4, 0.5) is 0 Å². The van der Waals surface area contributed by atoms with Crippen molar-refractivity contribution in [3.63, 3.8) is 0 Å². The summed E-state index contributed by atoms with van der Waals surface area (Å²) in [4.78, 5) is 0.392. The minimum absolute atomic E-state index is 0.0222. The van der Waals surface area contributed by atoms with Crippen LogP contribution in [0.15, 0.2) is 95.9 Å². The zero-order valence-corrected chi connectivity index (χ0v) is 18.3. The van der Waals surface area contributed by atoms with E-state index in [1.54, 1.807) is 24.3 Å². The Balaban J connectivity index is 1.64. The van der Waals surface area contributed by atoms with Gasteiger partial charge < -0.3 is 5.11 Å². The zero-order chi connectivity index (χ0) is 21.5. The second kappa shape index (κ2) is 7.92. The molecule has 4 heteroatoms. The van der Waals surface area contributed by atoms with Gasteiger partial charge in [0.05, 0.1) is 16.2 Å². The topological polar surface area (TPSA) is 54.4 Å². The van der Waals surface area contributed by atoms with Crippen LogP contribution in [-0.4, -0.2) is 24.9 Å². The van der Waals surface area contributed by atoms with Gasteiger partial charge in [-0.05, 0) is 60.8 Å². The molecule has 31 heavy (non-hydrogen) atoms. The molecule has 3 aromatic carbocycles. The molecule has 0 radical (unpaired) electrons. The molecule has 0 spiro atoms. The molecule has 2 aliphatic carbocycles. The van der Waals surface area contributed by atoms with Gasteiger partial charge in [-0.25, -0.2) is 8.42 Å². The maximum atomic E-state index is 13.8. The summed E-state index contributed by atoms with van der Waals surface area (Å²) in [6.45, 7) is 0. The van der Waals surface area contributed by atoms with E-state index in [0.29, 0.717) is 17.7 Å². The third kappa shape index (κ3) is 3.33. The average molecular weight is 433 g/mol. The third-order valence-corrected chi connectivity index (χ3v) is 9.89. The number of hydrogen-bond donors (Lipinski definition) is 1. The highest BCUT2D eigenvalue weighted by atomic mass is 32.2. The second-order valence-corrected chi connectivity index (χ2v) is 11.2. The highest BCUT2D eigenvalue weighted by molar-refractivity contribution is 7.92. The van der Waals surface area contributed by atoms with Crippen molar-refractivity contribution in [1.29, 1.82) is 0 Å². The SMILES string of the molecule is O=S(=O)(c1ccccc1)C1CC2(c3ccccc3)C(O)CCC1C2Cc1ccccc1. The van der Waals surface area contributed by atoms with Gasteiger partial charge in [-0.2, -0.15) is 0 Å². The molecule has 2 fully saturated rings. The lowest BCUT2D eigenvalue weighted by Crippen LogP contribution is -2.48. The van der Waals surface area contributed by atoms with Crippen LogP contribution in [0.1, 0.15) is 30.4 Å². The van der Waals surface area contributed by atoms with Crippen LogP contribution in [0, 0.1) is 11.8 Å². The van der Waals surface area contributed by atoms with E-state index in [4.69, 9.17) is 0 Å². The van der Waals surface area contributed by atoms with Crippen molar-refractivity contribution in [2.45, 2.75) is 47.3 Å². The van der Waals surface area contributed by atoms with E-state index in [1.165, 1.54) is 5.56 Å². The van der Waals surface area contributed by atoms with Gasteiger partial charge in [0.25, 0.3) is 0 Å². The first kappa shape index (κ1) is 20.5. The molecule has 2 aliphatic rings. The summed E-state index contributed by atoms with van der Waals surface area (Å²) in [5.41, 5.74) is 1.72. The number of hydrogen-bond acceptors (Lipinski definition) is 3. The van der Waals surface area contributed by atoms with E-state index in [9.17, 15) is 13.5 Å². The highest BCUT2D eigenvalue weighted by Gasteiger charge is 2.62. The molecule has 160 valence electrons. The molecule has 5 rings (SSSR count). The summed E-state index contributed by atoms with van der Waals surface area (Å²) < 4.78 is 27.5. The highest BCUT2D eigenvalue weighted by Crippen LogP contribution is 2.60. The molecule has 0 aromatic heterocycles. The van der Waals surface area contributed by atoms with Gasteiger partial charge in [0.2, 0.25) is 0 Å². The Morgan fingerprint density at radius 3 is 2.03 bits per heavy atom. The molecular weight excluding hydrogens is 404 g/mol. The maximum absolute atomic E-state index is 13.8. The second-order valence-electron chi connectivity index (χ2n) is 9.06. The number of aliphatic hydroxyl groups excluding tert-OH is 1. The first-order chi connectivity index (χ1) is 15.0. The fraction of sp³-hybridized carbons (Fsp3) is 0.333. The number of aliphatic hydroxyl groups is 1. The minimum atomic E-state index is -3.50. The van der Waals surface area contributed by atoms with E-state index in [2.05, 4.69) is 24.3 Å². The Kier molecular flexibility index (Phi) is 5.23. The van der Waals surface area contributed by atoms with Gasteiger partial charge in [0.1, 0.15) is 0 Å². The molecule has 5 unspecified atom stereocenters. The summed E-state index contributed by atoms with van der Waals surface area (Å²) in [6.07, 6.45) is 2.08. The lowest BCUT2D eigenvalue weighted by Gasteiger charge is -2.45. The van der Waals surface area contributed by atoms with Crippen LogP contribution in [0.5, 0.6) is 0 Å². The molecule has 2 bridgehead atoms. The fourth-order valence-electron chi connectivity index (χ4n) is 6.25. The molecular formula is C27H28O3S. The van der Waals surface area contributed by atoms with Crippen molar-refractivity contribution in [3.05, 3.63) is 102 Å². The van der Waals surface area contributed by atoms with Crippen molar-refractivity contribution in [1.82, 2.24) is 0 Å². The lowest BCUT2D eigenvalue weighted by atomic mass is 9.60. The molecule has 0 saturated heterocycles. The van der Waals surface area contributed by atoms with E-state index in [1.807, 2.05) is 42.5 Å². The van der Waals surface area contributed by atoms with E-state index < -0.39 is 26.6 Å². The molecule has 3 aromatic rings. The maximum Gasteiger partial charge on any atom is 0.181 e. The quantitative estimate of drug-likeness (QED) is 0.630. The predicted molar refractivity (Wildman–Crippen MR) is 123 cm³/mol. The number of sulfone groups is 1. The summed E-state index contributed by atoms with van der Waals surface area (Å²) in [7, 11) is -3.50. The molecule has 2 saturated carbocycles. The molecule has 3 nitrogen and oxygen atoms in total. The normalized spacial score (nSPS) is 30.2. The molecule has 0 amide bonds. The first-order valence-corrected chi connectivity index (χ1v) is 12.6. The molecule has 0 aliphatic heterocycles. The van der Waals surface area contributed by atoms with Crippen LogP contribution in [0.25, 0.3) is 0 Å². The van der Waals surface area contributed by atoms with Crippen molar-refractivity contribution < 1.29 is 13.5 Å². The standard InChI is InChI=1S/C27H28O3S/c28-26-17-16-23-24(18-20-10-4-1-5-11-20)27(26,21-12-6-2-7-13-21)19-25(23)31(29,30)22-14-8-3-9-15-22/h1-15,23-26,28H,16-19H2. The first-order valence-electron chi connectivity index (χ1n) is 11.1. The van der Waals surface area contributed by atoms with Crippen LogP contribution >= 0.6 is 0 Å². The Hall–Kier alpha value is -2.43. The summed E-state index contributed by atoms with van der Waals surface area (Å²) >= 11 is 0. The van der Waals surface area contributed by atoms with Crippen molar-refractivity contribution in [2.24, 2.45) is 11.8 Å². The van der Waals surface area contributed by atoms with Gasteiger partial charge in [0, 0.05) is 5.41 Å². The molecule has 1 N–H and O–H groups in total. The van der Waals surface area contributed by atoms with Crippen LogP contribution < -0.4 is 0 Å². The molecule has 0 heterocycles. The van der Waals surface area contributed by atoms with Crippen LogP contribution in [0.3, 0.4) is 0 Å². The lowest BCUT2D eigenvalue weighted by molar-refractivity contribution is 0.00871. The Morgan fingerprint density at radius 1 is 0.806 bits per heavy atom. The Labute approximate surface area is 184 Å². The van der Waals surface area contributed by atoms with E-state index in [-0.39, 0.29) is 11.8 Å². The van der Waals surface area contributed by atoms with Gasteiger partial charge >= 0.3 is 0 Å². The fourth-order valence-corrected chi connectivity index (χ4v) is 8.42. The third-order valence-electron chi connectivity index (χ3n) is 7.64. The Bertz CT molecular complexity index is 1130. The summed E-state index contributed by atoms with van der Waals surface area (Å²) in [5, 5.41) is 10.9. The predicted octanol–water partition coefficient (Wildman–Crippen LogP) is 4.80.